The molecule has 0 bridgehead atoms. The zero-order valence-corrected chi connectivity index (χ0v) is 15.6. The molecule has 0 spiro atoms. The zero-order valence-electron chi connectivity index (χ0n) is 14.8. The summed E-state index contributed by atoms with van der Waals surface area (Å²) in [6.45, 7) is 3.36. The fraction of sp³-hybridized carbons (Fsp3) is 0.250. The molecule has 2 aromatic carbocycles. The number of hydrogen-bond acceptors (Lipinski definition) is 4. The summed E-state index contributed by atoms with van der Waals surface area (Å²) in [5.74, 6) is -0.0758. The van der Waals surface area contributed by atoms with Crippen LogP contribution in [0.4, 0.5) is 5.69 Å². The molecule has 1 aliphatic rings. The number of nitrogens with zero attached hydrogens (tertiary/aromatic N) is 5. The Morgan fingerprint density at radius 3 is 2.41 bits per heavy atom. The number of aromatic nitrogens is 3. The Labute approximate surface area is 163 Å². The average Bonchev–Trinajstić information content (AvgIpc) is 3.17. The summed E-state index contributed by atoms with van der Waals surface area (Å²) < 4.78 is 1.70. The summed E-state index contributed by atoms with van der Waals surface area (Å²) in [7, 11) is 0. The van der Waals surface area contributed by atoms with Gasteiger partial charge in [-0.05, 0) is 17.7 Å². The molecule has 0 aliphatic carbocycles. The van der Waals surface area contributed by atoms with Gasteiger partial charge in [-0.1, -0.05) is 59.3 Å². The summed E-state index contributed by atoms with van der Waals surface area (Å²) in [6, 6.07) is 17.8. The van der Waals surface area contributed by atoms with E-state index in [9.17, 15) is 4.79 Å². The van der Waals surface area contributed by atoms with Crippen molar-refractivity contribution in [3.05, 3.63) is 77.1 Å². The van der Waals surface area contributed by atoms with E-state index in [4.69, 9.17) is 11.6 Å². The Morgan fingerprint density at radius 2 is 1.67 bits per heavy atom. The van der Waals surface area contributed by atoms with Gasteiger partial charge in [0, 0.05) is 26.2 Å². The minimum absolute atomic E-state index is 0.0758. The third-order valence-corrected chi connectivity index (χ3v) is 5.02. The summed E-state index contributed by atoms with van der Waals surface area (Å²) in [6.07, 6.45) is 1.72. The number of hydrogen-bond donors (Lipinski definition) is 0. The molecule has 7 heteroatoms. The summed E-state index contributed by atoms with van der Waals surface area (Å²) in [5.41, 5.74) is 2.52. The Hall–Kier alpha value is -2.86. The maximum absolute atomic E-state index is 12.7. The van der Waals surface area contributed by atoms with Crippen LogP contribution in [0.15, 0.2) is 60.8 Å². The van der Waals surface area contributed by atoms with E-state index in [1.54, 1.807) is 10.9 Å². The number of benzene rings is 2. The van der Waals surface area contributed by atoms with Gasteiger partial charge in [0.1, 0.15) is 0 Å². The smallest absolute Gasteiger partial charge is 0.276 e. The van der Waals surface area contributed by atoms with Crippen molar-refractivity contribution in [1.29, 1.82) is 0 Å². The van der Waals surface area contributed by atoms with Gasteiger partial charge in [-0.15, -0.1) is 5.10 Å². The first-order chi connectivity index (χ1) is 13.2. The summed E-state index contributed by atoms with van der Waals surface area (Å²) in [4.78, 5) is 16.8. The summed E-state index contributed by atoms with van der Waals surface area (Å²) in [5, 5.41) is 8.90. The maximum Gasteiger partial charge on any atom is 0.276 e. The molecule has 3 aromatic rings. The monoisotopic (exact) mass is 381 g/mol. The van der Waals surface area contributed by atoms with Crippen LogP contribution < -0.4 is 4.90 Å². The number of halogens is 1. The molecule has 6 nitrogen and oxygen atoms in total. The molecule has 4 rings (SSSR count). The quantitative estimate of drug-likeness (QED) is 0.697. The largest absolute Gasteiger partial charge is 0.367 e. The lowest BCUT2D eigenvalue weighted by Crippen LogP contribution is -2.49. The Morgan fingerprint density at radius 1 is 0.963 bits per heavy atom. The van der Waals surface area contributed by atoms with Gasteiger partial charge in [0.2, 0.25) is 0 Å². The number of rotatable bonds is 4. The van der Waals surface area contributed by atoms with E-state index in [2.05, 4.69) is 15.2 Å². The van der Waals surface area contributed by atoms with E-state index in [0.717, 1.165) is 29.4 Å². The zero-order chi connectivity index (χ0) is 18.6. The van der Waals surface area contributed by atoms with Crippen molar-refractivity contribution in [1.82, 2.24) is 19.9 Å². The third-order valence-electron chi connectivity index (χ3n) is 4.71. The van der Waals surface area contributed by atoms with Gasteiger partial charge in [0.05, 0.1) is 23.5 Å². The molecular weight excluding hydrogens is 362 g/mol. The summed E-state index contributed by atoms with van der Waals surface area (Å²) >= 11 is 6.28. The molecule has 1 aliphatic heterocycles. The second-order valence-corrected chi connectivity index (χ2v) is 6.92. The lowest BCUT2D eigenvalue weighted by atomic mass is 10.2. The Bertz CT molecular complexity index is 919. The third kappa shape index (κ3) is 3.95. The second-order valence-electron chi connectivity index (χ2n) is 6.52. The van der Waals surface area contributed by atoms with Crippen LogP contribution in [0.5, 0.6) is 0 Å². The van der Waals surface area contributed by atoms with Crippen molar-refractivity contribution in [2.45, 2.75) is 6.54 Å². The normalized spacial score (nSPS) is 14.4. The molecule has 1 amide bonds. The van der Waals surface area contributed by atoms with E-state index < -0.39 is 0 Å². The molecule has 0 saturated carbocycles. The maximum atomic E-state index is 12.7. The van der Waals surface area contributed by atoms with Gasteiger partial charge < -0.3 is 9.80 Å². The number of piperazine rings is 1. The van der Waals surface area contributed by atoms with Crippen molar-refractivity contribution < 1.29 is 4.79 Å². The highest BCUT2D eigenvalue weighted by atomic mass is 35.5. The lowest BCUT2D eigenvalue weighted by molar-refractivity contribution is 0.0740. The molecule has 2 heterocycles. The first-order valence-corrected chi connectivity index (χ1v) is 9.31. The number of carbonyl (C=O) groups is 1. The number of amides is 1. The van der Waals surface area contributed by atoms with E-state index in [-0.39, 0.29) is 5.91 Å². The fourth-order valence-corrected chi connectivity index (χ4v) is 3.52. The number of carbonyl (C=O) groups excluding carboxylic acids is 1. The molecule has 0 N–H and O–H groups in total. The molecule has 1 saturated heterocycles. The Kier molecular flexibility index (Phi) is 5.07. The standard InChI is InChI=1S/C20H20ClN5O/c21-17-8-4-5-9-19(17)24-10-12-25(13-11-24)20(27)18-15-26(23-22-18)14-16-6-2-1-3-7-16/h1-9,15H,10-14H2. The van der Waals surface area contributed by atoms with Gasteiger partial charge in [0.25, 0.3) is 5.91 Å². The molecule has 27 heavy (non-hydrogen) atoms. The predicted octanol–water partition coefficient (Wildman–Crippen LogP) is 2.94. The van der Waals surface area contributed by atoms with Crippen LogP contribution >= 0.6 is 11.6 Å². The Balaban J connectivity index is 1.38. The fourth-order valence-electron chi connectivity index (χ4n) is 3.26. The van der Waals surface area contributed by atoms with Gasteiger partial charge >= 0.3 is 0 Å². The minimum atomic E-state index is -0.0758. The molecule has 0 radical (unpaired) electrons. The van der Waals surface area contributed by atoms with Crippen molar-refractivity contribution in [3.8, 4) is 0 Å². The van der Waals surface area contributed by atoms with E-state index in [1.807, 2.05) is 59.5 Å². The number of para-hydroxylation sites is 1. The van der Waals surface area contributed by atoms with Crippen LogP contribution in [0.2, 0.25) is 5.02 Å². The van der Waals surface area contributed by atoms with Crippen molar-refractivity contribution in [2.75, 3.05) is 31.1 Å². The van der Waals surface area contributed by atoms with Crippen LogP contribution in [0.1, 0.15) is 16.1 Å². The number of anilines is 1. The van der Waals surface area contributed by atoms with Gasteiger partial charge in [-0.2, -0.15) is 0 Å². The van der Waals surface area contributed by atoms with Crippen LogP contribution in [-0.2, 0) is 6.54 Å². The second kappa shape index (κ2) is 7.80. The first kappa shape index (κ1) is 17.5. The highest BCUT2D eigenvalue weighted by Gasteiger charge is 2.25. The average molecular weight is 382 g/mol. The van der Waals surface area contributed by atoms with Gasteiger partial charge in [0.15, 0.2) is 5.69 Å². The van der Waals surface area contributed by atoms with Crippen molar-refractivity contribution in [2.24, 2.45) is 0 Å². The van der Waals surface area contributed by atoms with Crippen LogP contribution in [0.25, 0.3) is 0 Å². The van der Waals surface area contributed by atoms with Crippen LogP contribution in [-0.4, -0.2) is 52.0 Å². The lowest BCUT2D eigenvalue weighted by Gasteiger charge is -2.36. The molecule has 138 valence electrons. The van der Waals surface area contributed by atoms with E-state index in [0.29, 0.717) is 25.3 Å². The van der Waals surface area contributed by atoms with Gasteiger partial charge in [-0.25, -0.2) is 4.68 Å². The molecule has 0 atom stereocenters. The SMILES string of the molecule is O=C(c1cn(Cc2ccccc2)nn1)N1CCN(c2ccccc2Cl)CC1. The van der Waals surface area contributed by atoms with Crippen LogP contribution in [0, 0.1) is 0 Å². The van der Waals surface area contributed by atoms with Crippen molar-refractivity contribution in [3.63, 3.8) is 0 Å². The van der Waals surface area contributed by atoms with Crippen LogP contribution in [0.3, 0.4) is 0 Å². The van der Waals surface area contributed by atoms with E-state index in [1.165, 1.54) is 0 Å². The molecule has 1 fully saturated rings. The first-order valence-electron chi connectivity index (χ1n) is 8.93. The highest BCUT2D eigenvalue weighted by Crippen LogP contribution is 2.26. The van der Waals surface area contributed by atoms with Gasteiger partial charge in [-0.3, -0.25) is 4.79 Å². The highest BCUT2D eigenvalue weighted by molar-refractivity contribution is 6.33. The predicted molar refractivity (Wildman–Crippen MR) is 105 cm³/mol. The molecule has 0 unspecified atom stereocenters. The van der Waals surface area contributed by atoms with Crippen molar-refractivity contribution >= 4 is 23.2 Å². The molecular formula is C20H20ClN5O. The minimum Gasteiger partial charge on any atom is -0.367 e. The topological polar surface area (TPSA) is 54.3 Å². The van der Waals surface area contributed by atoms with E-state index >= 15 is 0 Å². The molecule has 1 aromatic heterocycles.